The smallest absolute Gasteiger partial charge is 0.281 e. The first kappa shape index (κ1) is 17.4. The van der Waals surface area contributed by atoms with Crippen molar-refractivity contribution in [3.05, 3.63) is 58.8 Å². The monoisotopic (exact) mass is 387 g/mol. The molecule has 1 aliphatic heterocycles. The highest BCUT2D eigenvalue weighted by Gasteiger charge is 2.26. The number of aromatic amines is 1. The van der Waals surface area contributed by atoms with Gasteiger partial charge >= 0.3 is 0 Å². The first-order valence-corrected chi connectivity index (χ1v) is 8.64. The van der Waals surface area contributed by atoms with Gasteiger partial charge in [0, 0.05) is 17.6 Å². The number of fused-ring (bicyclic) bond motifs is 2. The average Bonchev–Trinajstić information content (AvgIpc) is 3.05. The van der Waals surface area contributed by atoms with Crippen LogP contribution in [0.4, 0.5) is 10.1 Å². The number of hydrogen-bond acceptors (Lipinski definition) is 4. The predicted octanol–water partition coefficient (Wildman–Crippen LogP) is 2.40. The molecular formula is C18H15ClFN5O2. The van der Waals surface area contributed by atoms with E-state index in [1.165, 1.54) is 12.1 Å². The zero-order chi connectivity index (χ0) is 19.0. The van der Waals surface area contributed by atoms with Gasteiger partial charge in [0.25, 0.3) is 5.91 Å². The van der Waals surface area contributed by atoms with E-state index in [1.807, 2.05) is 0 Å². The lowest BCUT2D eigenvalue weighted by Gasteiger charge is -2.24. The van der Waals surface area contributed by atoms with Crippen LogP contribution in [0.15, 0.2) is 36.5 Å². The second-order valence-corrected chi connectivity index (χ2v) is 6.69. The van der Waals surface area contributed by atoms with Crippen molar-refractivity contribution < 1.29 is 14.0 Å². The number of pyridine rings is 1. The number of rotatable bonds is 4. The maximum Gasteiger partial charge on any atom is 0.281 e. The molecule has 2 amide bonds. The molecule has 0 saturated heterocycles. The van der Waals surface area contributed by atoms with Crippen molar-refractivity contribution in [3.63, 3.8) is 0 Å². The highest BCUT2D eigenvalue weighted by Crippen LogP contribution is 2.26. The van der Waals surface area contributed by atoms with Crippen molar-refractivity contribution in [2.45, 2.75) is 6.42 Å². The van der Waals surface area contributed by atoms with Crippen LogP contribution < -0.4 is 16.2 Å². The van der Waals surface area contributed by atoms with Gasteiger partial charge in [0.2, 0.25) is 5.91 Å². The highest BCUT2D eigenvalue weighted by molar-refractivity contribution is 6.30. The zero-order valence-electron chi connectivity index (χ0n) is 14.0. The fraction of sp³-hybridized carbons (Fsp3) is 0.167. The van der Waals surface area contributed by atoms with Crippen LogP contribution in [0.2, 0.25) is 5.15 Å². The summed E-state index contributed by atoms with van der Waals surface area (Å²) in [4.78, 5) is 31.3. The summed E-state index contributed by atoms with van der Waals surface area (Å²) in [5.41, 5.74) is 7.69. The Hall–Kier alpha value is -2.97. The fourth-order valence-electron chi connectivity index (χ4n) is 3.06. The zero-order valence-corrected chi connectivity index (χ0v) is 14.7. The van der Waals surface area contributed by atoms with Gasteiger partial charge in [0.05, 0.1) is 17.6 Å². The van der Waals surface area contributed by atoms with Crippen molar-refractivity contribution in [1.82, 2.24) is 20.8 Å². The van der Waals surface area contributed by atoms with Gasteiger partial charge in [0.1, 0.15) is 16.7 Å². The Morgan fingerprint density at radius 3 is 3.04 bits per heavy atom. The van der Waals surface area contributed by atoms with E-state index in [1.54, 1.807) is 24.4 Å². The Bertz CT molecular complexity index is 1050. The lowest BCUT2D eigenvalue weighted by Crippen LogP contribution is -2.44. The van der Waals surface area contributed by atoms with Crippen LogP contribution in [0.5, 0.6) is 0 Å². The van der Waals surface area contributed by atoms with Crippen LogP contribution in [0.3, 0.4) is 0 Å². The Labute approximate surface area is 158 Å². The lowest BCUT2D eigenvalue weighted by molar-refractivity contribution is -0.120. The number of carbonyl (C=O) groups excluding carboxylic acids is 2. The van der Waals surface area contributed by atoms with Gasteiger partial charge in [-0.1, -0.05) is 11.6 Å². The molecule has 0 aliphatic carbocycles. The number of hydrogen-bond donors (Lipinski definition) is 4. The minimum atomic E-state index is -0.426. The molecule has 0 saturated carbocycles. The summed E-state index contributed by atoms with van der Waals surface area (Å²) in [6.45, 7) is 0.209. The molecule has 1 atom stereocenters. The van der Waals surface area contributed by atoms with Crippen molar-refractivity contribution >= 4 is 40.0 Å². The molecule has 1 aliphatic rings. The minimum Gasteiger partial charge on any atom is -0.349 e. The number of anilines is 1. The van der Waals surface area contributed by atoms with E-state index < -0.39 is 5.92 Å². The van der Waals surface area contributed by atoms with E-state index in [-0.39, 0.29) is 24.2 Å². The maximum atomic E-state index is 13.4. The number of carbonyl (C=O) groups is 2. The number of halogens is 2. The first-order valence-electron chi connectivity index (χ1n) is 8.26. The molecule has 1 aromatic carbocycles. The van der Waals surface area contributed by atoms with E-state index in [0.29, 0.717) is 28.5 Å². The summed E-state index contributed by atoms with van der Waals surface area (Å²) in [6, 6.07) is 7.57. The summed E-state index contributed by atoms with van der Waals surface area (Å²) in [5, 5.41) is 3.85. The van der Waals surface area contributed by atoms with Crippen molar-refractivity contribution in [1.29, 1.82) is 0 Å². The highest BCUT2D eigenvalue weighted by atomic mass is 35.5. The van der Waals surface area contributed by atoms with Crippen LogP contribution >= 0.6 is 11.6 Å². The Balaban J connectivity index is 1.37. The van der Waals surface area contributed by atoms with Crippen LogP contribution in [-0.2, 0) is 11.2 Å². The van der Waals surface area contributed by atoms with Crippen LogP contribution in [0.1, 0.15) is 16.1 Å². The molecule has 3 heterocycles. The summed E-state index contributed by atoms with van der Waals surface area (Å²) in [5.74, 6) is -1.34. The Kier molecular flexibility index (Phi) is 4.51. The normalized spacial score (nSPS) is 16.1. The fourth-order valence-corrected chi connectivity index (χ4v) is 3.23. The van der Waals surface area contributed by atoms with E-state index in [9.17, 15) is 14.0 Å². The molecule has 138 valence electrons. The molecule has 0 radical (unpaired) electrons. The molecular weight excluding hydrogens is 373 g/mol. The van der Waals surface area contributed by atoms with Gasteiger partial charge in [-0.25, -0.2) is 14.8 Å². The quantitative estimate of drug-likeness (QED) is 0.408. The third-order valence-electron chi connectivity index (χ3n) is 4.43. The predicted molar refractivity (Wildman–Crippen MR) is 98.8 cm³/mol. The summed E-state index contributed by atoms with van der Waals surface area (Å²) < 4.78 is 13.4. The maximum absolute atomic E-state index is 13.4. The first-order chi connectivity index (χ1) is 13.0. The number of hydrazine groups is 1. The van der Waals surface area contributed by atoms with Gasteiger partial charge in [-0.05, 0) is 42.3 Å². The molecule has 2 aromatic heterocycles. The summed E-state index contributed by atoms with van der Waals surface area (Å²) >= 11 is 5.84. The molecule has 3 aromatic rings. The number of H-pyrrole nitrogens is 1. The lowest BCUT2D eigenvalue weighted by atomic mass is 9.93. The van der Waals surface area contributed by atoms with Crippen molar-refractivity contribution in [2.75, 3.05) is 11.9 Å². The number of aromatic nitrogens is 2. The van der Waals surface area contributed by atoms with Crippen LogP contribution in [-0.4, -0.2) is 28.3 Å². The van der Waals surface area contributed by atoms with E-state index in [2.05, 4.69) is 26.1 Å². The van der Waals surface area contributed by atoms with Crippen LogP contribution in [0, 0.1) is 11.7 Å². The third kappa shape index (κ3) is 3.62. The Morgan fingerprint density at radius 1 is 1.33 bits per heavy atom. The topological polar surface area (TPSA) is 98.9 Å². The largest absolute Gasteiger partial charge is 0.349 e. The molecule has 7 nitrogen and oxygen atoms in total. The number of amides is 2. The molecule has 9 heteroatoms. The van der Waals surface area contributed by atoms with Crippen molar-refractivity contribution in [3.8, 4) is 0 Å². The molecule has 0 bridgehead atoms. The Morgan fingerprint density at radius 2 is 2.19 bits per heavy atom. The number of benzene rings is 1. The molecule has 0 spiro atoms. The number of nitrogens with one attached hydrogen (secondary N) is 4. The van der Waals surface area contributed by atoms with Crippen molar-refractivity contribution in [2.24, 2.45) is 5.92 Å². The minimum absolute atomic E-state index is 0.179. The SMILES string of the molecule is O=C(NNCC1Cc2cc(F)ccc2NC1=O)c1cc2cc(Cl)ncc2[nH]1. The van der Waals surface area contributed by atoms with Gasteiger partial charge in [-0.3, -0.25) is 15.0 Å². The molecule has 4 N–H and O–H groups in total. The van der Waals surface area contributed by atoms with Gasteiger partial charge in [-0.15, -0.1) is 0 Å². The average molecular weight is 388 g/mol. The summed E-state index contributed by atoms with van der Waals surface area (Å²) in [6.07, 6.45) is 1.93. The van der Waals surface area contributed by atoms with E-state index in [4.69, 9.17) is 11.6 Å². The second kappa shape index (κ2) is 6.98. The second-order valence-electron chi connectivity index (χ2n) is 6.30. The van der Waals surface area contributed by atoms with Gasteiger partial charge in [0.15, 0.2) is 0 Å². The van der Waals surface area contributed by atoms with E-state index >= 15 is 0 Å². The molecule has 27 heavy (non-hydrogen) atoms. The van der Waals surface area contributed by atoms with E-state index in [0.717, 1.165) is 10.9 Å². The number of nitrogens with zero attached hydrogens (tertiary/aromatic N) is 1. The molecule has 4 rings (SSSR count). The third-order valence-corrected chi connectivity index (χ3v) is 4.64. The van der Waals surface area contributed by atoms with Crippen LogP contribution in [0.25, 0.3) is 10.9 Å². The molecule has 0 fully saturated rings. The van der Waals surface area contributed by atoms with Gasteiger partial charge < -0.3 is 10.3 Å². The van der Waals surface area contributed by atoms with Gasteiger partial charge in [-0.2, -0.15) is 0 Å². The standard InChI is InChI=1S/C18H15ClFN5O2/c19-16-6-10-5-14(23-15(10)8-21-16)18(27)25-22-7-11-3-9-4-12(20)1-2-13(9)24-17(11)26/h1-2,4-6,8,11,22-23H,3,7H2,(H,24,26)(H,25,27). The summed E-state index contributed by atoms with van der Waals surface area (Å²) in [7, 11) is 0. The molecule has 1 unspecified atom stereocenters.